The molecule has 1 rings (SSSR count). The monoisotopic (exact) mass is 200 g/mol. The molecule has 0 radical (unpaired) electrons. The van der Waals surface area contributed by atoms with E-state index in [1.807, 2.05) is 0 Å². The summed E-state index contributed by atoms with van der Waals surface area (Å²) in [6.07, 6.45) is 0. The number of para-hydroxylation sites is 1. The zero-order valence-corrected chi connectivity index (χ0v) is 7.49. The lowest BCUT2D eigenvalue weighted by Gasteiger charge is -2.07. The van der Waals surface area contributed by atoms with Crippen LogP contribution in [-0.2, 0) is 4.74 Å². The molecule has 4 nitrogen and oxygen atoms in total. The van der Waals surface area contributed by atoms with Gasteiger partial charge in [0.1, 0.15) is 5.56 Å². The maximum Gasteiger partial charge on any atom is 0.341 e. The lowest BCUT2D eigenvalue weighted by molar-refractivity contribution is 0.0596. The largest absolute Gasteiger partial charge is 0.504 e. The topological polar surface area (TPSA) is 55.8 Å². The average Bonchev–Trinajstić information content (AvgIpc) is 2.20. The van der Waals surface area contributed by atoms with Crippen LogP contribution in [0.25, 0.3) is 0 Å². The number of methoxy groups -OCH3 is 1. The molecule has 0 aliphatic carbocycles. The molecule has 0 saturated heterocycles. The number of hydrogen-bond donors (Lipinski definition) is 1. The highest BCUT2D eigenvalue weighted by Crippen LogP contribution is 2.30. The number of benzene rings is 1. The zero-order chi connectivity index (χ0) is 10.6. The normalized spacial score (nSPS) is 9.57. The molecule has 0 unspecified atom stereocenters. The van der Waals surface area contributed by atoms with E-state index < -0.39 is 18.6 Å². The SMILES string of the molecule is COC(=O)c1cccc(OCF)c1O. The number of esters is 1. The van der Waals surface area contributed by atoms with Crippen LogP contribution in [0.4, 0.5) is 4.39 Å². The third kappa shape index (κ3) is 1.93. The molecular formula is C9H9FO4. The molecule has 0 spiro atoms. The van der Waals surface area contributed by atoms with Gasteiger partial charge in [0.05, 0.1) is 7.11 Å². The quantitative estimate of drug-likeness (QED) is 0.751. The van der Waals surface area contributed by atoms with Gasteiger partial charge in [-0.1, -0.05) is 6.07 Å². The van der Waals surface area contributed by atoms with E-state index in [2.05, 4.69) is 9.47 Å². The number of phenolic OH excluding ortho intramolecular Hbond substituents is 1. The predicted octanol–water partition coefficient (Wildman–Crippen LogP) is 1.48. The van der Waals surface area contributed by atoms with Crippen LogP contribution in [0.3, 0.4) is 0 Å². The number of rotatable bonds is 3. The molecule has 1 aromatic carbocycles. The summed E-state index contributed by atoms with van der Waals surface area (Å²) in [5.41, 5.74) is -0.0570. The molecule has 0 bridgehead atoms. The van der Waals surface area contributed by atoms with Gasteiger partial charge in [-0.15, -0.1) is 0 Å². The third-order valence-electron chi connectivity index (χ3n) is 1.61. The first-order valence-corrected chi connectivity index (χ1v) is 3.79. The number of carbonyl (C=O) groups is 1. The minimum atomic E-state index is -1.07. The predicted molar refractivity (Wildman–Crippen MR) is 46.0 cm³/mol. The highest BCUT2D eigenvalue weighted by atomic mass is 19.1. The van der Waals surface area contributed by atoms with Crippen LogP contribution in [0.2, 0.25) is 0 Å². The first-order valence-electron chi connectivity index (χ1n) is 3.79. The van der Waals surface area contributed by atoms with Crippen molar-refractivity contribution in [3.8, 4) is 11.5 Å². The van der Waals surface area contributed by atoms with E-state index in [9.17, 15) is 14.3 Å². The molecule has 1 aromatic rings. The summed E-state index contributed by atoms with van der Waals surface area (Å²) in [6.45, 7) is -1.07. The molecule has 0 aromatic heterocycles. The van der Waals surface area contributed by atoms with Gasteiger partial charge in [-0.25, -0.2) is 9.18 Å². The number of phenols is 1. The summed E-state index contributed by atoms with van der Waals surface area (Å²) in [4.78, 5) is 11.1. The second-order valence-electron chi connectivity index (χ2n) is 2.40. The van der Waals surface area contributed by atoms with E-state index in [-0.39, 0.29) is 11.3 Å². The zero-order valence-electron chi connectivity index (χ0n) is 7.49. The molecule has 0 aliphatic rings. The summed E-state index contributed by atoms with van der Waals surface area (Å²) in [6, 6.07) is 4.16. The minimum Gasteiger partial charge on any atom is -0.504 e. The Morgan fingerprint density at radius 3 is 2.86 bits per heavy atom. The molecule has 0 amide bonds. The van der Waals surface area contributed by atoms with Gasteiger partial charge in [0, 0.05) is 0 Å². The van der Waals surface area contributed by atoms with Gasteiger partial charge in [0.2, 0.25) is 6.86 Å². The number of aromatic hydroxyl groups is 1. The molecule has 14 heavy (non-hydrogen) atoms. The van der Waals surface area contributed by atoms with Crippen molar-refractivity contribution < 1.29 is 23.8 Å². The van der Waals surface area contributed by atoms with Gasteiger partial charge < -0.3 is 14.6 Å². The molecule has 0 atom stereocenters. The standard InChI is InChI=1S/C9H9FO4/c1-13-9(12)6-3-2-4-7(8(6)11)14-5-10/h2-4,11H,5H2,1H3. The molecule has 0 aliphatic heterocycles. The van der Waals surface area contributed by atoms with Gasteiger partial charge in [-0.2, -0.15) is 0 Å². The van der Waals surface area contributed by atoms with Crippen molar-refractivity contribution in [1.82, 2.24) is 0 Å². The summed E-state index contributed by atoms with van der Waals surface area (Å²) in [5.74, 6) is -1.21. The first-order chi connectivity index (χ1) is 6.70. The van der Waals surface area contributed by atoms with Gasteiger partial charge >= 0.3 is 5.97 Å². The second-order valence-corrected chi connectivity index (χ2v) is 2.40. The highest BCUT2D eigenvalue weighted by Gasteiger charge is 2.14. The number of halogens is 1. The summed E-state index contributed by atoms with van der Waals surface area (Å²) >= 11 is 0. The summed E-state index contributed by atoms with van der Waals surface area (Å²) < 4.78 is 20.7. The average molecular weight is 200 g/mol. The van der Waals surface area contributed by atoms with Gasteiger partial charge in [-0.05, 0) is 12.1 Å². The Morgan fingerprint density at radius 2 is 2.29 bits per heavy atom. The van der Waals surface area contributed by atoms with Crippen LogP contribution < -0.4 is 4.74 Å². The number of alkyl halides is 1. The van der Waals surface area contributed by atoms with E-state index in [0.29, 0.717) is 0 Å². The maximum absolute atomic E-state index is 11.8. The smallest absolute Gasteiger partial charge is 0.341 e. The third-order valence-corrected chi connectivity index (χ3v) is 1.61. The van der Waals surface area contributed by atoms with Crippen LogP contribution >= 0.6 is 0 Å². The lowest BCUT2D eigenvalue weighted by atomic mass is 10.2. The Morgan fingerprint density at radius 1 is 1.57 bits per heavy atom. The summed E-state index contributed by atoms with van der Waals surface area (Å²) in [5, 5.41) is 9.43. The Hall–Kier alpha value is -1.78. The Bertz CT molecular complexity index is 338. The molecule has 0 heterocycles. The van der Waals surface area contributed by atoms with Gasteiger partial charge in [-0.3, -0.25) is 0 Å². The van der Waals surface area contributed by atoms with Crippen LogP contribution in [0.5, 0.6) is 11.5 Å². The maximum atomic E-state index is 11.8. The van der Waals surface area contributed by atoms with Crippen LogP contribution in [0, 0.1) is 0 Å². The number of ether oxygens (including phenoxy) is 2. The molecule has 76 valence electrons. The van der Waals surface area contributed by atoms with Crippen LogP contribution in [-0.4, -0.2) is 25.0 Å². The second kappa shape index (κ2) is 4.45. The Balaban J connectivity index is 3.07. The van der Waals surface area contributed by atoms with Crippen LogP contribution in [0.1, 0.15) is 10.4 Å². The molecule has 0 fully saturated rings. The van der Waals surface area contributed by atoms with E-state index in [0.717, 1.165) is 0 Å². The van der Waals surface area contributed by atoms with E-state index in [1.165, 1.54) is 25.3 Å². The van der Waals surface area contributed by atoms with Crippen molar-refractivity contribution in [2.24, 2.45) is 0 Å². The van der Waals surface area contributed by atoms with Crippen LogP contribution in [0.15, 0.2) is 18.2 Å². The van der Waals surface area contributed by atoms with Crippen molar-refractivity contribution >= 4 is 5.97 Å². The van der Waals surface area contributed by atoms with Crippen molar-refractivity contribution in [1.29, 1.82) is 0 Å². The van der Waals surface area contributed by atoms with E-state index >= 15 is 0 Å². The molecule has 1 N–H and O–H groups in total. The van der Waals surface area contributed by atoms with E-state index in [4.69, 9.17) is 0 Å². The van der Waals surface area contributed by atoms with Crippen molar-refractivity contribution in [2.45, 2.75) is 0 Å². The Kier molecular flexibility index (Phi) is 3.28. The number of hydrogen-bond acceptors (Lipinski definition) is 4. The fraction of sp³-hybridized carbons (Fsp3) is 0.222. The Labute approximate surface area is 79.9 Å². The van der Waals surface area contributed by atoms with Crippen molar-refractivity contribution in [2.75, 3.05) is 14.0 Å². The first kappa shape index (κ1) is 10.3. The lowest BCUT2D eigenvalue weighted by Crippen LogP contribution is -2.02. The van der Waals surface area contributed by atoms with E-state index in [1.54, 1.807) is 0 Å². The van der Waals surface area contributed by atoms with Gasteiger partial charge in [0.25, 0.3) is 0 Å². The van der Waals surface area contributed by atoms with Crippen molar-refractivity contribution in [3.05, 3.63) is 23.8 Å². The molecule has 0 saturated carbocycles. The highest BCUT2D eigenvalue weighted by molar-refractivity contribution is 5.93. The minimum absolute atomic E-state index is 0.0570. The van der Waals surface area contributed by atoms with Crippen molar-refractivity contribution in [3.63, 3.8) is 0 Å². The fourth-order valence-electron chi connectivity index (χ4n) is 0.972. The number of carbonyl (C=O) groups excluding carboxylic acids is 1. The molecule has 5 heteroatoms. The molecular weight excluding hydrogens is 191 g/mol. The van der Waals surface area contributed by atoms with Gasteiger partial charge in [0.15, 0.2) is 11.5 Å². The summed E-state index contributed by atoms with van der Waals surface area (Å²) in [7, 11) is 1.18. The fourth-order valence-corrected chi connectivity index (χ4v) is 0.972.